The highest BCUT2D eigenvalue weighted by molar-refractivity contribution is 6.35. The van der Waals surface area contributed by atoms with Gasteiger partial charge in [0.1, 0.15) is 23.7 Å². The molecule has 2 aliphatic heterocycles. The Morgan fingerprint density at radius 2 is 2.03 bits per heavy atom. The summed E-state index contributed by atoms with van der Waals surface area (Å²) >= 11 is 12.6. The molecule has 0 spiro atoms. The summed E-state index contributed by atoms with van der Waals surface area (Å²) in [4.78, 5) is 28.1. The summed E-state index contributed by atoms with van der Waals surface area (Å²) < 4.78 is 19.2. The van der Waals surface area contributed by atoms with E-state index in [1.54, 1.807) is 4.90 Å². The molecule has 6 rings (SSSR count). The van der Waals surface area contributed by atoms with E-state index in [2.05, 4.69) is 20.2 Å². The van der Waals surface area contributed by atoms with Crippen LogP contribution in [0.1, 0.15) is 30.0 Å². The Morgan fingerprint density at radius 3 is 2.75 bits per heavy atom. The van der Waals surface area contributed by atoms with E-state index < -0.39 is 12.3 Å². The Labute approximate surface area is 215 Å². The fourth-order valence-electron chi connectivity index (χ4n) is 4.67. The molecule has 0 bridgehead atoms. The number of amides is 1. The molecule has 0 unspecified atom stereocenters. The molecule has 1 atom stereocenters. The number of benzene rings is 1. The minimum Gasteiger partial charge on any atom is -0.486 e. The predicted octanol–water partition coefficient (Wildman–Crippen LogP) is 4.29. The highest BCUT2D eigenvalue weighted by atomic mass is 35.5. The topological polar surface area (TPSA) is 103 Å². The van der Waals surface area contributed by atoms with Crippen molar-refractivity contribution in [2.24, 2.45) is 0 Å². The first-order valence-electron chi connectivity index (χ1n) is 11.5. The molecular weight excluding hydrogens is 508 g/mol. The van der Waals surface area contributed by atoms with Crippen molar-refractivity contribution < 1.29 is 13.9 Å². The Hall–Kier alpha value is -3.21. The van der Waals surface area contributed by atoms with Crippen LogP contribution in [0, 0.1) is 0 Å². The minimum absolute atomic E-state index is 0.0228. The minimum atomic E-state index is -0.822. The van der Waals surface area contributed by atoms with Gasteiger partial charge in [0.15, 0.2) is 5.82 Å². The lowest BCUT2D eigenvalue weighted by Gasteiger charge is -2.34. The number of hydrogen-bond acceptors (Lipinski definition) is 6. The standard InChI is InChI=1S/C24H22Cl2FN7O2/c1-12(22-16(25)5-28-6-17(22)26)36-14-2-3-18-15(4-14)23(32-31-18)24-29-19-9-34(10-20(19)30-24)21(35)11-33-7-13(27)8-33/h2-6,12-13H,7-11H2,1H3,(H,29,30)(H,31,32)/t12-/m1/s1. The Kier molecular flexibility index (Phi) is 5.82. The largest absolute Gasteiger partial charge is 0.486 e. The third kappa shape index (κ3) is 4.19. The van der Waals surface area contributed by atoms with E-state index in [1.165, 1.54) is 12.4 Å². The van der Waals surface area contributed by atoms with E-state index in [1.807, 2.05) is 30.0 Å². The summed E-state index contributed by atoms with van der Waals surface area (Å²) in [5, 5.41) is 9.20. The van der Waals surface area contributed by atoms with Gasteiger partial charge in [-0.15, -0.1) is 0 Å². The van der Waals surface area contributed by atoms with Crippen LogP contribution in [0.25, 0.3) is 22.4 Å². The van der Waals surface area contributed by atoms with Gasteiger partial charge in [0, 0.05) is 36.4 Å². The summed E-state index contributed by atoms with van der Waals surface area (Å²) in [7, 11) is 0. The van der Waals surface area contributed by atoms with E-state index in [9.17, 15) is 9.18 Å². The number of nitrogens with one attached hydrogen (secondary N) is 2. The van der Waals surface area contributed by atoms with Crippen LogP contribution >= 0.6 is 23.2 Å². The highest BCUT2D eigenvalue weighted by Gasteiger charge is 2.32. The van der Waals surface area contributed by atoms with Crippen LogP contribution in [0.3, 0.4) is 0 Å². The maximum Gasteiger partial charge on any atom is 0.237 e. The smallest absolute Gasteiger partial charge is 0.237 e. The first kappa shape index (κ1) is 23.2. The summed E-state index contributed by atoms with van der Waals surface area (Å²) in [6, 6.07) is 5.62. The van der Waals surface area contributed by atoms with Crippen LogP contribution in [0.15, 0.2) is 30.6 Å². The van der Waals surface area contributed by atoms with Crippen molar-refractivity contribution in [1.82, 2.24) is 34.9 Å². The molecule has 36 heavy (non-hydrogen) atoms. The molecule has 12 heteroatoms. The summed E-state index contributed by atoms with van der Waals surface area (Å²) in [6.07, 6.45) is 1.85. The van der Waals surface area contributed by atoms with Crippen molar-refractivity contribution in [2.45, 2.75) is 32.3 Å². The number of carbonyl (C=O) groups is 1. The zero-order valence-corrected chi connectivity index (χ0v) is 20.8. The number of aromatic amines is 2. The molecule has 2 N–H and O–H groups in total. The summed E-state index contributed by atoms with van der Waals surface area (Å²) in [5.41, 5.74) is 3.85. The number of fused-ring (bicyclic) bond motifs is 2. The molecule has 9 nitrogen and oxygen atoms in total. The Balaban J connectivity index is 1.20. The maximum atomic E-state index is 13.0. The average molecular weight is 530 g/mol. The number of ether oxygens (including phenoxy) is 1. The van der Waals surface area contributed by atoms with Crippen LogP contribution in [-0.4, -0.2) is 66.7 Å². The number of pyridine rings is 1. The summed E-state index contributed by atoms with van der Waals surface area (Å²) in [5.74, 6) is 1.22. The van der Waals surface area contributed by atoms with Gasteiger partial charge in [0.2, 0.25) is 5.91 Å². The monoisotopic (exact) mass is 529 g/mol. The lowest BCUT2D eigenvalue weighted by molar-refractivity contribution is -0.134. The summed E-state index contributed by atoms with van der Waals surface area (Å²) in [6.45, 7) is 3.61. The Bertz CT molecular complexity index is 1420. The molecule has 1 saturated heterocycles. The van der Waals surface area contributed by atoms with Gasteiger partial charge in [-0.05, 0) is 25.1 Å². The number of alkyl halides is 1. The molecule has 1 aromatic carbocycles. The second-order valence-electron chi connectivity index (χ2n) is 9.11. The van der Waals surface area contributed by atoms with Crippen LogP contribution < -0.4 is 4.74 Å². The number of likely N-dealkylation sites (tertiary alicyclic amines) is 1. The molecule has 0 saturated carbocycles. The number of imidazole rings is 1. The fourth-order valence-corrected chi connectivity index (χ4v) is 5.34. The van der Waals surface area contributed by atoms with Gasteiger partial charge in [-0.1, -0.05) is 23.2 Å². The normalized spacial score (nSPS) is 16.8. The van der Waals surface area contributed by atoms with Crippen molar-refractivity contribution in [2.75, 3.05) is 19.6 Å². The number of rotatable bonds is 6. The maximum absolute atomic E-state index is 13.0. The van der Waals surface area contributed by atoms with Gasteiger partial charge in [-0.2, -0.15) is 5.10 Å². The number of nitrogens with zero attached hydrogens (tertiary/aromatic N) is 5. The average Bonchev–Trinajstić information content (AvgIpc) is 3.50. The van der Waals surface area contributed by atoms with Crippen molar-refractivity contribution in [3.05, 3.63) is 57.6 Å². The van der Waals surface area contributed by atoms with Crippen molar-refractivity contribution in [3.8, 4) is 17.3 Å². The first-order valence-corrected chi connectivity index (χ1v) is 12.3. The predicted molar refractivity (Wildman–Crippen MR) is 133 cm³/mol. The molecule has 1 amide bonds. The Morgan fingerprint density at radius 1 is 1.25 bits per heavy atom. The quantitative estimate of drug-likeness (QED) is 0.386. The zero-order valence-electron chi connectivity index (χ0n) is 19.3. The van der Waals surface area contributed by atoms with E-state index in [0.29, 0.717) is 59.1 Å². The van der Waals surface area contributed by atoms with E-state index >= 15 is 0 Å². The van der Waals surface area contributed by atoms with Gasteiger partial charge >= 0.3 is 0 Å². The van der Waals surface area contributed by atoms with Gasteiger partial charge in [0.25, 0.3) is 0 Å². The third-order valence-corrected chi connectivity index (χ3v) is 7.15. The van der Waals surface area contributed by atoms with Crippen LogP contribution in [-0.2, 0) is 17.9 Å². The van der Waals surface area contributed by atoms with Gasteiger partial charge in [0.05, 0.1) is 46.6 Å². The van der Waals surface area contributed by atoms with E-state index in [4.69, 9.17) is 32.9 Å². The van der Waals surface area contributed by atoms with Gasteiger partial charge < -0.3 is 14.6 Å². The van der Waals surface area contributed by atoms with Crippen molar-refractivity contribution in [1.29, 1.82) is 0 Å². The fraction of sp³-hybridized carbons (Fsp3) is 0.333. The lowest BCUT2D eigenvalue weighted by Crippen LogP contribution is -2.52. The molecular formula is C24H22Cl2FN7O2. The highest BCUT2D eigenvalue weighted by Crippen LogP contribution is 2.35. The SMILES string of the molecule is C[C@@H](Oc1ccc2[nH]nc(-c3nc4c([nH]3)CN(C(=O)CN3CC(F)C3)C4)c2c1)c1c(Cl)cncc1Cl. The number of carbonyl (C=O) groups excluding carboxylic acids is 1. The molecule has 5 heterocycles. The lowest BCUT2D eigenvalue weighted by atomic mass is 10.1. The van der Waals surface area contributed by atoms with Crippen molar-refractivity contribution in [3.63, 3.8) is 0 Å². The number of H-pyrrole nitrogens is 2. The number of hydrogen-bond donors (Lipinski definition) is 2. The molecule has 186 valence electrons. The van der Waals surface area contributed by atoms with Crippen LogP contribution in [0.4, 0.5) is 4.39 Å². The number of halogens is 3. The molecule has 4 aromatic rings. The van der Waals surface area contributed by atoms with Gasteiger partial charge in [-0.3, -0.25) is 19.8 Å². The van der Waals surface area contributed by atoms with Crippen LogP contribution in [0.2, 0.25) is 10.0 Å². The van der Waals surface area contributed by atoms with E-state index in [0.717, 1.165) is 22.3 Å². The van der Waals surface area contributed by atoms with Crippen LogP contribution in [0.5, 0.6) is 5.75 Å². The second kappa shape index (κ2) is 9.02. The molecule has 2 aliphatic rings. The molecule has 0 radical (unpaired) electrons. The zero-order chi connectivity index (χ0) is 25.0. The first-order chi connectivity index (χ1) is 17.4. The molecule has 3 aromatic heterocycles. The molecule has 1 fully saturated rings. The number of aromatic nitrogens is 5. The van der Waals surface area contributed by atoms with Gasteiger partial charge in [-0.25, -0.2) is 9.37 Å². The van der Waals surface area contributed by atoms with E-state index in [-0.39, 0.29) is 12.5 Å². The van der Waals surface area contributed by atoms with Crippen molar-refractivity contribution >= 4 is 40.0 Å². The molecule has 0 aliphatic carbocycles. The second-order valence-corrected chi connectivity index (χ2v) is 9.92. The third-order valence-electron chi connectivity index (χ3n) is 6.55.